The molecule has 4 heteroatoms. The van der Waals surface area contributed by atoms with Crippen LogP contribution in [0.3, 0.4) is 0 Å². The Hall–Kier alpha value is -0.700. The number of ether oxygens (including phenoxy) is 1. The van der Waals surface area contributed by atoms with Crippen LogP contribution in [0.15, 0.2) is 29.3 Å². The molecular formula is C12H15Cl2NO. The Morgan fingerprint density at radius 1 is 1.56 bits per heavy atom. The lowest BCUT2D eigenvalue weighted by molar-refractivity contribution is 0.352. The fourth-order valence-electron chi connectivity index (χ4n) is 1.14. The van der Waals surface area contributed by atoms with E-state index in [4.69, 9.17) is 33.7 Å². The van der Waals surface area contributed by atoms with Crippen molar-refractivity contribution in [1.29, 1.82) is 0 Å². The Bertz CT molecular complexity index is 389. The smallest absolute Gasteiger partial charge is 0.138 e. The van der Waals surface area contributed by atoms with Gasteiger partial charge < -0.3 is 10.5 Å². The lowest BCUT2D eigenvalue weighted by Gasteiger charge is -2.11. The third-order valence-electron chi connectivity index (χ3n) is 2.12. The molecule has 0 radical (unpaired) electrons. The van der Waals surface area contributed by atoms with E-state index in [2.05, 4.69) is 0 Å². The maximum absolute atomic E-state index is 6.07. The Labute approximate surface area is 106 Å². The lowest BCUT2D eigenvalue weighted by atomic mass is 10.1. The van der Waals surface area contributed by atoms with E-state index in [0.717, 1.165) is 11.1 Å². The molecule has 0 unspecified atom stereocenters. The van der Waals surface area contributed by atoms with Gasteiger partial charge in [-0.3, -0.25) is 0 Å². The fraction of sp³-hybridized carbons (Fsp3) is 0.333. The van der Waals surface area contributed by atoms with Gasteiger partial charge in [0.15, 0.2) is 0 Å². The molecule has 0 saturated heterocycles. The van der Waals surface area contributed by atoms with E-state index in [1.54, 1.807) is 0 Å². The predicted molar refractivity (Wildman–Crippen MR) is 69.2 cm³/mol. The highest BCUT2D eigenvalue weighted by Crippen LogP contribution is 2.27. The Morgan fingerprint density at radius 2 is 2.25 bits per heavy atom. The summed E-state index contributed by atoms with van der Waals surface area (Å²) in [5, 5.41) is 0.567. The summed E-state index contributed by atoms with van der Waals surface area (Å²) < 4.78 is 5.50. The first-order valence-corrected chi connectivity index (χ1v) is 5.79. The van der Waals surface area contributed by atoms with E-state index in [1.807, 2.05) is 32.0 Å². The van der Waals surface area contributed by atoms with Gasteiger partial charge in [0, 0.05) is 11.6 Å². The average molecular weight is 260 g/mol. The van der Waals surface area contributed by atoms with Crippen LogP contribution in [0, 0.1) is 0 Å². The minimum absolute atomic E-state index is 0.0315. The Morgan fingerprint density at radius 3 is 2.75 bits per heavy atom. The van der Waals surface area contributed by atoms with Crippen molar-refractivity contribution in [2.75, 3.05) is 6.61 Å². The molecule has 0 aliphatic heterocycles. The zero-order chi connectivity index (χ0) is 12.1. The molecule has 1 atom stereocenters. The summed E-state index contributed by atoms with van der Waals surface area (Å²) in [4.78, 5) is 0. The lowest BCUT2D eigenvalue weighted by Crippen LogP contribution is -2.05. The molecule has 0 spiro atoms. The second kappa shape index (κ2) is 6.14. The summed E-state index contributed by atoms with van der Waals surface area (Å²) in [6.45, 7) is 4.23. The summed E-state index contributed by atoms with van der Waals surface area (Å²) >= 11 is 11.6. The first-order valence-electron chi connectivity index (χ1n) is 4.98. The van der Waals surface area contributed by atoms with Gasteiger partial charge in [0.05, 0.1) is 5.02 Å². The molecule has 0 aliphatic carbocycles. The van der Waals surface area contributed by atoms with Crippen LogP contribution in [0.5, 0.6) is 5.75 Å². The van der Waals surface area contributed by atoms with Gasteiger partial charge in [0.2, 0.25) is 0 Å². The summed E-state index contributed by atoms with van der Waals surface area (Å²) in [5.74, 6) is 0.643. The van der Waals surface area contributed by atoms with Crippen molar-refractivity contribution in [2.45, 2.75) is 19.9 Å². The Balaban J connectivity index is 2.75. The molecule has 88 valence electrons. The third-order valence-corrected chi connectivity index (χ3v) is 2.79. The average Bonchev–Trinajstić information content (AvgIpc) is 2.26. The second-order valence-electron chi connectivity index (χ2n) is 3.72. The highest BCUT2D eigenvalue weighted by Gasteiger charge is 2.05. The number of benzene rings is 1. The third kappa shape index (κ3) is 3.71. The van der Waals surface area contributed by atoms with E-state index < -0.39 is 0 Å². The van der Waals surface area contributed by atoms with Crippen molar-refractivity contribution < 1.29 is 4.74 Å². The van der Waals surface area contributed by atoms with E-state index >= 15 is 0 Å². The maximum Gasteiger partial charge on any atom is 0.138 e. The van der Waals surface area contributed by atoms with Gasteiger partial charge in [-0.2, -0.15) is 0 Å². The van der Waals surface area contributed by atoms with Gasteiger partial charge >= 0.3 is 0 Å². The summed E-state index contributed by atoms with van der Waals surface area (Å²) in [5.41, 5.74) is 9.17. The molecule has 0 aliphatic rings. The van der Waals surface area contributed by atoms with Gasteiger partial charge in [0.25, 0.3) is 0 Å². The van der Waals surface area contributed by atoms with Crippen LogP contribution < -0.4 is 10.5 Å². The normalized spacial score (nSPS) is 13.7. The van der Waals surface area contributed by atoms with Crippen LogP contribution in [0.4, 0.5) is 0 Å². The van der Waals surface area contributed by atoms with Crippen molar-refractivity contribution in [2.24, 2.45) is 5.73 Å². The molecule has 1 aromatic carbocycles. The van der Waals surface area contributed by atoms with E-state index in [9.17, 15) is 0 Å². The molecule has 16 heavy (non-hydrogen) atoms. The monoisotopic (exact) mass is 259 g/mol. The van der Waals surface area contributed by atoms with E-state index in [-0.39, 0.29) is 6.04 Å². The fourth-order valence-corrected chi connectivity index (χ4v) is 1.45. The molecule has 2 nitrogen and oxygen atoms in total. The minimum Gasteiger partial charge on any atom is -0.488 e. The van der Waals surface area contributed by atoms with Crippen molar-refractivity contribution in [3.63, 3.8) is 0 Å². The maximum atomic E-state index is 6.07. The Kier molecular flexibility index (Phi) is 5.13. The van der Waals surface area contributed by atoms with Gasteiger partial charge in [-0.1, -0.05) is 29.3 Å². The van der Waals surface area contributed by atoms with Crippen molar-refractivity contribution in [3.05, 3.63) is 39.9 Å². The van der Waals surface area contributed by atoms with Crippen LogP contribution >= 0.6 is 23.2 Å². The van der Waals surface area contributed by atoms with E-state index in [0.29, 0.717) is 17.4 Å². The second-order valence-corrected chi connectivity index (χ2v) is 4.35. The molecule has 0 aromatic heterocycles. The molecule has 1 rings (SSSR count). The van der Waals surface area contributed by atoms with Crippen LogP contribution in [-0.2, 0) is 0 Å². The molecule has 0 fully saturated rings. The number of rotatable bonds is 4. The number of halogens is 2. The summed E-state index contributed by atoms with van der Waals surface area (Å²) in [7, 11) is 0. The molecule has 1 aromatic rings. The highest BCUT2D eigenvalue weighted by molar-refractivity contribution is 6.32. The predicted octanol–water partition coefficient (Wildman–Crippen LogP) is 3.88. The first-order chi connectivity index (χ1) is 7.54. The summed E-state index contributed by atoms with van der Waals surface area (Å²) in [6.07, 6.45) is 0. The van der Waals surface area contributed by atoms with Gasteiger partial charge in [-0.15, -0.1) is 0 Å². The molecule has 0 saturated carbocycles. The van der Waals surface area contributed by atoms with Crippen molar-refractivity contribution >= 4 is 23.2 Å². The minimum atomic E-state index is -0.0315. The van der Waals surface area contributed by atoms with Crippen LogP contribution in [-0.4, -0.2) is 6.61 Å². The molecule has 0 heterocycles. The van der Waals surface area contributed by atoms with Gasteiger partial charge in [0.1, 0.15) is 12.4 Å². The van der Waals surface area contributed by atoms with Crippen molar-refractivity contribution in [3.8, 4) is 5.75 Å². The zero-order valence-corrected chi connectivity index (χ0v) is 10.8. The molecule has 0 amide bonds. The van der Waals surface area contributed by atoms with E-state index in [1.165, 1.54) is 5.54 Å². The number of nitrogens with two attached hydrogens (primary N) is 1. The zero-order valence-electron chi connectivity index (χ0n) is 9.34. The molecular weight excluding hydrogens is 245 g/mol. The molecule has 2 N–H and O–H groups in total. The summed E-state index contributed by atoms with van der Waals surface area (Å²) in [6, 6.07) is 5.52. The van der Waals surface area contributed by atoms with Gasteiger partial charge in [-0.05, 0) is 37.1 Å². The molecule has 0 bridgehead atoms. The number of hydrogen-bond donors (Lipinski definition) is 1. The quantitative estimate of drug-likeness (QED) is 0.891. The topological polar surface area (TPSA) is 35.2 Å². The standard InChI is InChI=1S/C12H15Cl2NO/c1-8(6-13)7-16-12-4-3-10(9(2)15)5-11(12)14/h3-6,9H,7,15H2,1-2H3/b8-6+/t9-/m1/s1. The number of hydrogen-bond acceptors (Lipinski definition) is 2. The van der Waals surface area contributed by atoms with Crippen molar-refractivity contribution in [1.82, 2.24) is 0 Å². The van der Waals surface area contributed by atoms with Crippen LogP contribution in [0.1, 0.15) is 25.5 Å². The van der Waals surface area contributed by atoms with Crippen LogP contribution in [0.25, 0.3) is 0 Å². The largest absolute Gasteiger partial charge is 0.488 e. The first kappa shape index (κ1) is 13.4. The SMILES string of the molecule is C/C(=C\Cl)COc1ccc([C@@H](C)N)cc1Cl. The van der Waals surface area contributed by atoms with Crippen LogP contribution in [0.2, 0.25) is 5.02 Å². The highest BCUT2D eigenvalue weighted by atomic mass is 35.5. The van der Waals surface area contributed by atoms with Gasteiger partial charge in [-0.25, -0.2) is 0 Å².